The molecule has 0 amide bonds. The number of aromatic nitrogens is 1. The third-order valence-corrected chi connectivity index (χ3v) is 3.10. The molecule has 2 nitrogen and oxygen atoms in total. The molecular weight excluding hydrogens is 196 g/mol. The van der Waals surface area contributed by atoms with Crippen molar-refractivity contribution >= 4 is 16.6 Å². The van der Waals surface area contributed by atoms with Crippen molar-refractivity contribution in [2.45, 2.75) is 33.6 Å². The van der Waals surface area contributed by atoms with E-state index in [1.807, 2.05) is 0 Å². The molecule has 16 heavy (non-hydrogen) atoms. The number of hydrogen-bond acceptors (Lipinski definition) is 0. The van der Waals surface area contributed by atoms with Crippen molar-refractivity contribution in [1.82, 2.24) is 4.98 Å². The van der Waals surface area contributed by atoms with Crippen LogP contribution in [0.1, 0.15) is 36.6 Å². The molecule has 2 aromatic rings. The summed E-state index contributed by atoms with van der Waals surface area (Å²) >= 11 is 0. The summed E-state index contributed by atoms with van der Waals surface area (Å²) in [6, 6.07) is 4.24. The topological polar surface area (TPSA) is 20.1 Å². The maximum absolute atomic E-state index is 7.31. The highest BCUT2D eigenvalue weighted by Crippen LogP contribution is 2.35. The van der Waals surface area contributed by atoms with Crippen molar-refractivity contribution in [2.75, 3.05) is 0 Å². The van der Waals surface area contributed by atoms with E-state index in [1.54, 1.807) is 0 Å². The standard InChI is InChI=1S/C14H16N2/c1-8(2)13-14(15-5)11-6-9(3)10(4)7-12(11)16-13/h6-8,16H,1-4H3. The summed E-state index contributed by atoms with van der Waals surface area (Å²) < 4.78 is 0. The van der Waals surface area contributed by atoms with Gasteiger partial charge in [-0.1, -0.05) is 19.9 Å². The molecule has 1 N–H and O–H groups in total. The number of benzene rings is 1. The molecule has 0 radical (unpaired) electrons. The molecule has 0 saturated heterocycles. The molecule has 1 aromatic heterocycles. The maximum atomic E-state index is 7.31. The van der Waals surface area contributed by atoms with Gasteiger partial charge < -0.3 is 4.98 Å². The van der Waals surface area contributed by atoms with Crippen molar-refractivity contribution < 1.29 is 0 Å². The number of rotatable bonds is 1. The molecule has 2 heteroatoms. The number of hydrogen-bond donors (Lipinski definition) is 1. The molecule has 0 aliphatic rings. The first-order valence-corrected chi connectivity index (χ1v) is 5.55. The Bertz CT molecular complexity index is 583. The van der Waals surface area contributed by atoms with Gasteiger partial charge in [0.1, 0.15) is 0 Å². The Kier molecular flexibility index (Phi) is 2.47. The van der Waals surface area contributed by atoms with Crippen molar-refractivity contribution in [2.24, 2.45) is 0 Å². The first-order chi connectivity index (χ1) is 7.54. The lowest BCUT2D eigenvalue weighted by atomic mass is 10.1. The highest BCUT2D eigenvalue weighted by Gasteiger charge is 2.14. The lowest BCUT2D eigenvalue weighted by molar-refractivity contribution is 0.840. The number of nitrogens with zero attached hydrogens (tertiary/aromatic N) is 1. The molecule has 1 heterocycles. The fourth-order valence-corrected chi connectivity index (χ4v) is 2.00. The zero-order chi connectivity index (χ0) is 11.9. The third-order valence-electron chi connectivity index (χ3n) is 3.10. The SMILES string of the molecule is [C-]#[N+]c1c(C(C)C)[nH]c2cc(C)c(C)cc12. The van der Waals surface area contributed by atoms with Crippen LogP contribution < -0.4 is 0 Å². The highest BCUT2D eigenvalue weighted by atomic mass is 14.8. The largest absolute Gasteiger partial charge is 0.369 e. The first-order valence-electron chi connectivity index (χ1n) is 5.55. The average molecular weight is 212 g/mol. The fourth-order valence-electron chi connectivity index (χ4n) is 2.00. The summed E-state index contributed by atoms with van der Waals surface area (Å²) in [5.74, 6) is 0.358. The van der Waals surface area contributed by atoms with Crippen LogP contribution in [0, 0.1) is 20.4 Å². The van der Waals surface area contributed by atoms with Crippen molar-refractivity contribution in [3.05, 3.63) is 40.4 Å². The van der Waals surface area contributed by atoms with Gasteiger partial charge in [0, 0.05) is 16.6 Å². The second-order valence-corrected chi connectivity index (χ2v) is 4.64. The van der Waals surface area contributed by atoms with E-state index in [0.29, 0.717) is 5.92 Å². The molecule has 2 rings (SSSR count). The van der Waals surface area contributed by atoms with Gasteiger partial charge in [0.2, 0.25) is 5.69 Å². The monoisotopic (exact) mass is 212 g/mol. The highest BCUT2D eigenvalue weighted by molar-refractivity contribution is 5.96. The van der Waals surface area contributed by atoms with Crippen LogP contribution in [0.25, 0.3) is 15.7 Å². The number of H-pyrrole nitrogens is 1. The van der Waals surface area contributed by atoms with Gasteiger partial charge >= 0.3 is 0 Å². The van der Waals surface area contributed by atoms with Crippen molar-refractivity contribution in [3.8, 4) is 0 Å². The minimum absolute atomic E-state index is 0.358. The van der Waals surface area contributed by atoms with E-state index in [9.17, 15) is 0 Å². The summed E-state index contributed by atoms with van der Waals surface area (Å²) in [5, 5.41) is 1.06. The predicted octanol–water partition coefficient (Wildman–Crippen LogP) is 4.46. The van der Waals surface area contributed by atoms with Crippen LogP contribution in [0.15, 0.2) is 12.1 Å². The molecule has 0 atom stereocenters. The van der Waals surface area contributed by atoms with Gasteiger partial charge in [0.05, 0.1) is 6.57 Å². The van der Waals surface area contributed by atoms with E-state index < -0.39 is 0 Å². The molecule has 0 aliphatic carbocycles. The summed E-state index contributed by atoms with van der Waals surface area (Å²) in [7, 11) is 0. The van der Waals surface area contributed by atoms with Gasteiger partial charge in [-0.3, -0.25) is 0 Å². The van der Waals surface area contributed by atoms with E-state index in [0.717, 1.165) is 22.3 Å². The second kappa shape index (κ2) is 3.68. The Balaban J connectivity index is 2.84. The lowest BCUT2D eigenvalue weighted by Crippen LogP contribution is -1.85. The number of aryl methyl sites for hydroxylation is 2. The molecule has 0 saturated carbocycles. The minimum atomic E-state index is 0.358. The van der Waals surface area contributed by atoms with Crippen LogP contribution in [0.2, 0.25) is 0 Å². The Morgan fingerprint density at radius 3 is 2.38 bits per heavy atom. The third kappa shape index (κ3) is 1.49. The van der Waals surface area contributed by atoms with E-state index in [-0.39, 0.29) is 0 Å². The second-order valence-electron chi connectivity index (χ2n) is 4.64. The van der Waals surface area contributed by atoms with Gasteiger partial charge in [-0.25, -0.2) is 4.85 Å². The quantitative estimate of drug-likeness (QED) is 0.673. The molecule has 0 bridgehead atoms. The summed E-state index contributed by atoms with van der Waals surface area (Å²) in [4.78, 5) is 7.04. The summed E-state index contributed by atoms with van der Waals surface area (Å²) in [6.07, 6.45) is 0. The van der Waals surface area contributed by atoms with E-state index in [1.165, 1.54) is 11.1 Å². The Labute approximate surface area is 96.1 Å². The molecule has 0 fully saturated rings. The Morgan fingerprint density at radius 2 is 1.81 bits per heavy atom. The number of aromatic amines is 1. The van der Waals surface area contributed by atoms with Gasteiger partial charge in [-0.15, -0.1) is 0 Å². The zero-order valence-corrected chi connectivity index (χ0v) is 10.2. The first kappa shape index (κ1) is 10.8. The van der Waals surface area contributed by atoms with E-state index in [4.69, 9.17) is 6.57 Å². The minimum Gasteiger partial charge on any atom is -0.369 e. The van der Waals surface area contributed by atoms with E-state index in [2.05, 4.69) is 49.7 Å². The van der Waals surface area contributed by atoms with Gasteiger partial charge in [-0.05, 0) is 37.0 Å². The van der Waals surface area contributed by atoms with Crippen LogP contribution in [0.5, 0.6) is 0 Å². The van der Waals surface area contributed by atoms with Gasteiger partial charge in [-0.2, -0.15) is 0 Å². The van der Waals surface area contributed by atoms with Crippen molar-refractivity contribution in [3.63, 3.8) is 0 Å². The van der Waals surface area contributed by atoms with Crippen molar-refractivity contribution in [1.29, 1.82) is 0 Å². The smallest absolute Gasteiger partial charge is 0.215 e. The van der Waals surface area contributed by atoms with Gasteiger partial charge in [0.15, 0.2) is 0 Å². The molecule has 1 aromatic carbocycles. The Morgan fingerprint density at radius 1 is 1.19 bits per heavy atom. The predicted molar refractivity (Wildman–Crippen MR) is 68.1 cm³/mol. The van der Waals surface area contributed by atoms with Crippen LogP contribution in [-0.2, 0) is 0 Å². The molecule has 0 aliphatic heterocycles. The van der Waals surface area contributed by atoms with Crippen LogP contribution in [0.3, 0.4) is 0 Å². The fraction of sp³-hybridized carbons (Fsp3) is 0.357. The normalized spacial score (nSPS) is 11.0. The molecular formula is C14H16N2. The van der Waals surface area contributed by atoms with Crippen LogP contribution >= 0.6 is 0 Å². The summed E-state index contributed by atoms with van der Waals surface area (Å²) in [6.45, 7) is 15.7. The van der Waals surface area contributed by atoms with E-state index >= 15 is 0 Å². The summed E-state index contributed by atoms with van der Waals surface area (Å²) in [5.41, 5.74) is 5.42. The molecule has 0 unspecified atom stereocenters. The zero-order valence-electron chi connectivity index (χ0n) is 10.2. The average Bonchev–Trinajstić information content (AvgIpc) is 2.57. The molecule has 0 spiro atoms. The number of fused-ring (bicyclic) bond motifs is 1. The maximum Gasteiger partial charge on any atom is 0.215 e. The van der Waals surface area contributed by atoms with Gasteiger partial charge in [0.25, 0.3) is 0 Å². The lowest BCUT2D eigenvalue weighted by Gasteiger charge is -2.01. The van der Waals surface area contributed by atoms with Crippen LogP contribution in [-0.4, -0.2) is 4.98 Å². The number of nitrogens with one attached hydrogen (secondary N) is 1. The Hall–Kier alpha value is -1.75. The van der Waals surface area contributed by atoms with Crippen LogP contribution in [0.4, 0.5) is 5.69 Å². The molecule has 82 valence electrons.